The molecule has 0 aliphatic carbocycles. The average molecular weight is 241 g/mol. The van der Waals surface area contributed by atoms with Gasteiger partial charge in [0.1, 0.15) is 6.04 Å². The minimum atomic E-state index is -0.833. The Morgan fingerprint density at radius 2 is 1.92 bits per heavy atom. The van der Waals surface area contributed by atoms with Crippen LogP contribution in [0.2, 0.25) is 5.02 Å². The number of hydrogen-bond donors (Lipinski definition) is 1. The van der Waals surface area contributed by atoms with Crippen molar-refractivity contribution >= 4 is 40.9 Å². The Bertz CT molecular complexity index is 303. The molecule has 13 heavy (non-hydrogen) atoms. The monoisotopic (exact) mass is 239 g/mol. The fourth-order valence-corrected chi connectivity index (χ4v) is 1.22. The minimum absolute atomic E-state index is 0. The Kier molecular flexibility index (Phi) is 5.33. The molecule has 0 amide bonds. The normalized spacial score (nSPS) is 11.6. The van der Waals surface area contributed by atoms with Gasteiger partial charge >= 0.3 is 0 Å². The minimum Gasteiger partial charge on any atom is -0.317 e. The van der Waals surface area contributed by atoms with Crippen LogP contribution in [-0.2, 0) is 4.79 Å². The van der Waals surface area contributed by atoms with Crippen molar-refractivity contribution in [1.29, 1.82) is 0 Å². The van der Waals surface area contributed by atoms with E-state index in [0.717, 1.165) is 0 Å². The standard InChI is InChI=1S/C8H7Cl2NO.ClH/c9-6-4-2-1-3-5(6)7(11)8(10)12;/h1-4,7H,11H2;1H. The second-order valence-electron chi connectivity index (χ2n) is 2.30. The number of halogens is 3. The molecule has 0 aromatic heterocycles. The zero-order chi connectivity index (χ0) is 9.14. The molecule has 72 valence electrons. The van der Waals surface area contributed by atoms with Gasteiger partial charge in [0.15, 0.2) is 0 Å². The summed E-state index contributed by atoms with van der Waals surface area (Å²) in [5.41, 5.74) is 6.03. The van der Waals surface area contributed by atoms with Gasteiger partial charge in [0.05, 0.1) is 0 Å². The fourth-order valence-electron chi connectivity index (χ4n) is 0.850. The summed E-state index contributed by atoms with van der Waals surface area (Å²) in [5, 5.41) is -0.151. The van der Waals surface area contributed by atoms with E-state index in [-0.39, 0.29) is 12.4 Å². The quantitative estimate of drug-likeness (QED) is 0.807. The van der Waals surface area contributed by atoms with Gasteiger partial charge in [-0.05, 0) is 23.2 Å². The van der Waals surface area contributed by atoms with E-state index >= 15 is 0 Å². The molecular formula is C8H8Cl3NO. The molecule has 2 nitrogen and oxygen atoms in total. The van der Waals surface area contributed by atoms with Crippen molar-refractivity contribution in [3.63, 3.8) is 0 Å². The zero-order valence-electron chi connectivity index (χ0n) is 6.54. The molecular weight excluding hydrogens is 232 g/mol. The Labute approximate surface area is 92.4 Å². The van der Waals surface area contributed by atoms with Crippen molar-refractivity contribution < 1.29 is 4.79 Å². The maximum absolute atomic E-state index is 10.7. The van der Waals surface area contributed by atoms with Crippen LogP contribution < -0.4 is 5.73 Å². The molecule has 0 aliphatic heterocycles. The van der Waals surface area contributed by atoms with E-state index in [0.29, 0.717) is 10.6 Å². The van der Waals surface area contributed by atoms with Crippen molar-refractivity contribution in [3.05, 3.63) is 34.9 Å². The molecule has 2 N–H and O–H groups in total. The number of hydrogen-bond acceptors (Lipinski definition) is 2. The first-order chi connectivity index (χ1) is 5.63. The van der Waals surface area contributed by atoms with E-state index in [4.69, 9.17) is 28.9 Å². The second kappa shape index (κ2) is 5.45. The Morgan fingerprint density at radius 1 is 1.38 bits per heavy atom. The summed E-state index contributed by atoms with van der Waals surface area (Å²) in [6.07, 6.45) is 0. The molecule has 0 saturated heterocycles. The predicted molar refractivity (Wildman–Crippen MR) is 56.5 cm³/mol. The number of benzene rings is 1. The molecule has 5 heteroatoms. The summed E-state index contributed by atoms with van der Waals surface area (Å²) in [6.45, 7) is 0. The van der Waals surface area contributed by atoms with Crippen LogP contribution in [0.1, 0.15) is 11.6 Å². The molecule has 0 heterocycles. The molecule has 0 aliphatic rings. The topological polar surface area (TPSA) is 43.1 Å². The highest BCUT2D eigenvalue weighted by Gasteiger charge is 2.15. The molecule has 1 aromatic rings. The van der Waals surface area contributed by atoms with Gasteiger partial charge in [-0.25, -0.2) is 0 Å². The highest BCUT2D eigenvalue weighted by molar-refractivity contribution is 6.64. The van der Waals surface area contributed by atoms with Crippen molar-refractivity contribution in [3.8, 4) is 0 Å². The average Bonchev–Trinajstić information content (AvgIpc) is 2.04. The van der Waals surface area contributed by atoms with Crippen LogP contribution in [-0.4, -0.2) is 5.24 Å². The lowest BCUT2D eigenvalue weighted by atomic mass is 10.1. The highest BCUT2D eigenvalue weighted by atomic mass is 35.5. The summed E-state index contributed by atoms with van der Waals surface area (Å²) in [4.78, 5) is 10.7. The highest BCUT2D eigenvalue weighted by Crippen LogP contribution is 2.22. The van der Waals surface area contributed by atoms with Crippen LogP contribution in [0, 0.1) is 0 Å². The number of carbonyl (C=O) groups is 1. The summed E-state index contributed by atoms with van der Waals surface area (Å²) in [6, 6.07) is 6.02. The first-order valence-electron chi connectivity index (χ1n) is 3.32. The third kappa shape index (κ3) is 3.16. The van der Waals surface area contributed by atoms with Crippen LogP contribution >= 0.6 is 35.6 Å². The summed E-state index contributed by atoms with van der Waals surface area (Å²) >= 11 is 11.0. The fraction of sp³-hybridized carbons (Fsp3) is 0.125. The number of rotatable bonds is 2. The maximum atomic E-state index is 10.7. The van der Waals surface area contributed by atoms with Crippen molar-refractivity contribution in [2.24, 2.45) is 5.73 Å². The van der Waals surface area contributed by atoms with E-state index in [2.05, 4.69) is 0 Å². The molecule has 1 aromatic carbocycles. The van der Waals surface area contributed by atoms with Crippen molar-refractivity contribution in [2.45, 2.75) is 6.04 Å². The molecule has 0 spiro atoms. The molecule has 1 rings (SSSR count). The smallest absolute Gasteiger partial charge is 0.242 e. The van der Waals surface area contributed by atoms with Crippen molar-refractivity contribution in [2.75, 3.05) is 0 Å². The lowest BCUT2D eigenvalue weighted by Crippen LogP contribution is -2.17. The molecule has 0 radical (unpaired) electrons. The van der Waals surface area contributed by atoms with E-state index in [1.165, 1.54) is 0 Å². The first kappa shape index (κ1) is 12.7. The molecule has 1 atom stereocenters. The first-order valence-corrected chi connectivity index (χ1v) is 4.08. The number of carbonyl (C=O) groups excluding carboxylic acids is 1. The number of nitrogens with two attached hydrogens (primary N) is 1. The van der Waals surface area contributed by atoms with Crippen LogP contribution in [0.4, 0.5) is 0 Å². The van der Waals surface area contributed by atoms with E-state index in [1.54, 1.807) is 24.3 Å². The lowest BCUT2D eigenvalue weighted by molar-refractivity contribution is -0.112. The maximum Gasteiger partial charge on any atom is 0.242 e. The van der Waals surface area contributed by atoms with Gasteiger partial charge in [0.25, 0.3) is 0 Å². The van der Waals surface area contributed by atoms with Gasteiger partial charge in [-0.15, -0.1) is 12.4 Å². The summed E-state index contributed by atoms with van der Waals surface area (Å²) in [5.74, 6) is 0. The Morgan fingerprint density at radius 3 is 2.38 bits per heavy atom. The Hall–Kier alpha value is -0.280. The summed E-state index contributed by atoms with van der Waals surface area (Å²) in [7, 11) is 0. The lowest BCUT2D eigenvalue weighted by Gasteiger charge is -2.07. The van der Waals surface area contributed by atoms with Gasteiger partial charge in [-0.3, -0.25) is 4.79 Å². The zero-order valence-corrected chi connectivity index (χ0v) is 8.86. The van der Waals surface area contributed by atoms with Gasteiger partial charge in [0.2, 0.25) is 5.24 Å². The van der Waals surface area contributed by atoms with Gasteiger partial charge in [-0.2, -0.15) is 0 Å². The van der Waals surface area contributed by atoms with Crippen LogP contribution in [0.3, 0.4) is 0 Å². The second-order valence-corrected chi connectivity index (χ2v) is 3.08. The third-order valence-electron chi connectivity index (χ3n) is 1.48. The SMILES string of the molecule is Cl.NC(C(=O)Cl)c1ccccc1Cl. The predicted octanol–water partition coefficient (Wildman–Crippen LogP) is 2.53. The molecule has 0 bridgehead atoms. The summed E-state index contributed by atoms with van der Waals surface area (Å²) < 4.78 is 0. The van der Waals surface area contributed by atoms with Crippen LogP contribution in [0.15, 0.2) is 24.3 Å². The van der Waals surface area contributed by atoms with E-state index in [9.17, 15) is 4.79 Å². The molecule has 0 fully saturated rings. The van der Waals surface area contributed by atoms with Crippen LogP contribution in [0.5, 0.6) is 0 Å². The molecule has 1 unspecified atom stereocenters. The Balaban J connectivity index is 0.00000144. The van der Waals surface area contributed by atoms with Gasteiger partial charge in [-0.1, -0.05) is 29.8 Å². The van der Waals surface area contributed by atoms with E-state index < -0.39 is 11.3 Å². The van der Waals surface area contributed by atoms with Crippen LogP contribution in [0.25, 0.3) is 0 Å². The molecule has 0 saturated carbocycles. The van der Waals surface area contributed by atoms with Gasteiger partial charge in [0, 0.05) is 5.02 Å². The van der Waals surface area contributed by atoms with Crippen molar-refractivity contribution in [1.82, 2.24) is 0 Å². The van der Waals surface area contributed by atoms with Gasteiger partial charge < -0.3 is 5.73 Å². The van der Waals surface area contributed by atoms with E-state index in [1.807, 2.05) is 0 Å². The largest absolute Gasteiger partial charge is 0.317 e. The third-order valence-corrected chi connectivity index (χ3v) is 2.06.